The number of rotatable bonds is 4. The minimum Gasteiger partial charge on any atom is -0.309 e. The maximum Gasteiger partial charge on any atom is 0.227 e. The summed E-state index contributed by atoms with van der Waals surface area (Å²) >= 11 is 0. The monoisotopic (exact) mass is 327 g/mol. The van der Waals surface area contributed by atoms with Crippen molar-refractivity contribution in [1.29, 1.82) is 0 Å². The fourth-order valence-electron chi connectivity index (χ4n) is 3.62. The molecule has 0 radical (unpaired) electrons. The number of carbonyl (C=O) groups is 1. The van der Waals surface area contributed by atoms with Crippen molar-refractivity contribution in [3.63, 3.8) is 0 Å². The molecule has 124 valence electrons. The number of amides is 1. The van der Waals surface area contributed by atoms with Crippen molar-refractivity contribution in [2.45, 2.75) is 25.3 Å². The predicted octanol–water partition coefficient (Wildman–Crippen LogP) is 5.09. The van der Waals surface area contributed by atoms with E-state index in [1.54, 1.807) is 0 Å². The molecule has 1 aliphatic heterocycles. The highest BCUT2D eigenvalue weighted by Crippen LogP contribution is 2.29. The minimum atomic E-state index is 0.233. The van der Waals surface area contributed by atoms with Crippen LogP contribution in [0.5, 0.6) is 0 Å². The third-order valence-electron chi connectivity index (χ3n) is 4.89. The second kappa shape index (κ2) is 6.94. The Kier molecular flexibility index (Phi) is 4.34. The number of nitrogens with zero attached hydrogens (tertiary/aromatic N) is 1. The lowest BCUT2D eigenvalue weighted by atomic mass is 9.99. The highest BCUT2D eigenvalue weighted by atomic mass is 16.2. The molecule has 0 unspecified atom stereocenters. The molecule has 0 bridgehead atoms. The number of para-hydroxylation sites is 1. The normalized spacial score (nSPS) is 17.0. The highest BCUT2D eigenvalue weighted by Gasteiger charge is 2.31. The summed E-state index contributed by atoms with van der Waals surface area (Å²) in [6.07, 6.45) is 2.46. The average Bonchev–Trinajstić information content (AvgIpc) is 3.04. The van der Waals surface area contributed by atoms with Crippen LogP contribution in [0.25, 0.3) is 11.1 Å². The van der Waals surface area contributed by atoms with Gasteiger partial charge in [-0.25, -0.2) is 0 Å². The second-order valence-electron chi connectivity index (χ2n) is 6.56. The maximum atomic E-state index is 12.3. The molecule has 0 N–H and O–H groups in total. The lowest BCUT2D eigenvalue weighted by Crippen LogP contribution is -2.34. The van der Waals surface area contributed by atoms with Crippen LogP contribution in [0.15, 0.2) is 84.9 Å². The summed E-state index contributed by atoms with van der Waals surface area (Å²) in [5.74, 6) is 0.233. The Morgan fingerprint density at radius 1 is 0.760 bits per heavy atom. The van der Waals surface area contributed by atoms with Gasteiger partial charge in [0.2, 0.25) is 5.91 Å². The zero-order valence-corrected chi connectivity index (χ0v) is 14.1. The van der Waals surface area contributed by atoms with Crippen molar-refractivity contribution in [3.05, 3.63) is 90.5 Å². The van der Waals surface area contributed by atoms with Gasteiger partial charge in [0, 0.05) is 18.2 Å². The van der Waals surface area contributed by atoms with Gasteiger partial charge in [0.25, 0.3) is 0 Å². The zero-order chi connectivity index (χ0) is 17.1. The van der Waals surface area contributed by atoms with E-state index in [1.807, 2.05) is 41.3 Å². The van der Waals surface area contributed by atoms with Crippen molar-refractivity contribution in [1.82, 2.24) is 0 Å². The van der Waals surface area contributed by atoms with Gasteiger partial charge < -0.3 is 4.90 Å². The van der Waals surface area contributed by atoms with Crippen LogP contribution in [0, 0.1) is 0 Å². The van der Waals surface area contributed by atoms with E-state index in [1.165, 1.54) is 16.7 Å². The van der Waals surface area contributed by atoms with Crippen LogP contribution in [-0.4, -0.2) is 11.9 Å². The molecule has 4 rings (SSSR count). The van der Waals surface area contributed by atoms with E-state index in [0.717, 1.165) is 18.5 Å². The van der Waals surface area contributed by atoms with Crippen molar-refractivity contribution < 1.29 is 4.79 Å². The molecule has 0 saturated carbocycles. The topological polar surface area (TPSA) is 20.3 Å². The van der Waals surface area contributed by atoms with Gasteiger partial charge in [-0.2, -0.15) is 0 Å². The third-order valence-corrected chi connectivity index (χ3v) is 4.89. The van der Waals surface area contributed by atoms with Gasteiger partial charge in [-0.05, 0) is 41.7 Å². The molecule has 2 heteroatoms. The van der Waals surface area contributed by atoms with Crippen LogP contribution in [-0.2, 0) is 11.2 Å². The molecule has 1 fully saturated rings. The molecule has 1 saturated heterocycles. The van der Waals surface area contributed by atoms with Crippen LogP contribution < -0.4 is 4.90 Å². The lowest BCUT2D eigenvalue weighted by Gasteiger charge is -2.25. The van der Waals surface area contributed by atoms with E-state index >= 15 is 0 Å². The number of hydrogen-bond acceptors (Lipinski definition) is 1. The van der Waals surface area contributed by atoms with Gasteiger partial charge >= 0.3 is 0 Å². The van der Waals surface area contributed by atoms with Crippen LogP contribution in [0.3, 0.4) is 0 Å². The Balaban J connectivity index is 1.52. The standard InChI is InChI=1S/C23H21NO/c25-23-16-15-22(24(23)21-9-5-2-6-10-21)17-18-11-13-20(14-12-18)19-7-3-1-4-8-19/h1-14,22H,15-17H2/t22-/m0/s1. The number of anilines is 1. The Bertz CT molecular complexity index is 840. The van der Waals surface area contributed by atoms with Crippen molar-refractivity contribution in [2.24, 2.45) is 0 Å². The summed E-state index contributed by atoms with van der Waals surface area (Å²) in [4.78, 5) is 14.3. The minimum absolute atomic E-state index is 0.233. The highest BCUT2D eigenvalue weighted by molar-refractivity contribution is 5.96. The quantitative estimate of drug-likeness (QED) is 0.653. The van der Waals surface area contributed by atoms with E-state index in [9.17, 15) is 4.79 Å². The number of benzene rings is 3. The summed E-state index contributed by atoms with van der Waals surface area (Å²) in [5.41, 5.74) is 4.75. The van der Waals surface area contributed by atoms with E-state index in [0.29, 0.717) is 6.42 Å². The summed E-state index contributed by atoms with van der Waals surface area (Å²) in [7, 11) is 0. The fourth-order valence-corrected chi connectivity index (χ4v) is 3.62. The fraction of sp³-hybridized carbons (Fsp3) is 0.174. The average molecular weight is 327 g/mol. The van der Waals surface area contributed by atoms with Gasteiger partial charge in [-0.1, -0.05) is 72.8 Å². The van der Waals surface area contributed by atoms with Crippen LogP contribution in [0.4, 0.5) is 5.69 Å². The van der Waals surface area contributed by atoms with E-state index in [2.05, 4.69) is 48.5 Å². The predicted molar refractivity (Wildman–Crippen MR) is 103 cm³/mol. The van der Waals surface area contributed by atoms with Gasteiger partial charge in [0.15, 0.2) is 0 Å². The molecule has 1 aliphatic rings. The first-order valence-corrected chi connectivity index (χ1v) is 8.83. The lowest BCUT2D eigenvalue weighted by molar-refractivity contribution is -0.117. The Morgan fingerprint density at radius 2 is 1.36 bits per heavy atom. The molecule has 3 aromatic rings. The first kappa shape index (κ1) is 15.6. The Morgan fingerprint density at radius 3 is 2.04 bits per heavy atom. The SMILES string of the molecule is O=C1CC[C@@H](Cc2ccc(-c3ccccc3)cc2)N1c1ccccc1. The molecule has 3 aromatic carbocycles. The Hall–Kier alpha value is -2.87. The van der Waals surface area contributed by atoms with E-state index in [-0.39, 0.29) is 11.9 Å². The third kappa shape index (κ3) is 3.34. The maximum absolute atomic E-state index is 12.3. The molecule has 0 spiro atoms. The first-order valence-electron chi connectivity index (χ1n) is 8.83. The first-order chi connectivity index (χ1) is 12.3. The van der Waals surface area contributed by atoms with Crippen LogP contribution in [0.1, 0.15) is 18.4 Å². The van der Waals surface area contributed by atoms with Gasteiger partial charge in [-0.3, -0.25) is 4.79 Å². The number of hydrogen-bond donors (Lipinski definition) is 0. The van der Waals surface area contributed by atoms with Gasteiger partial charge in [0.05, 0.1) is 0 Å². The molecule has 1 amide bonds. The molecule has 1 atom stereocenters. The second-order valence-corrected chi connectivity index (χ2v) is 6.56. The molecular formula is C23H21NO. The summed E-state index contributed by atoms with van der Waals surface area (Å²) in [5, 5.41) is 0. The zero-order valence-electron chi connectivity index (χ0n) is 14.1. The molecular weight excluding hydrogens is 306 g/mol. The van der Waals surface area contributed by atoms with Crippen LogP contribution in [0.2, 0.25) is 0 Å². The Labute approximate surface area is 148 Å². The molecule has 0 aromatic heterocycles. The number of carbonyl (C=O) groups excluding carboxylic acids is 1. The van der Waals surface area contributed by atoms with Gasteiger partial charge in [-0.15, -0.1) is 0 Å². The smallest absolute Gasteiger partial charge is 0.227 e. The van der Waals surface area contributed by atoms with E-state index in [4.69, 9.17) is 0 Å². The molecule has 1 heterocycles. The van der Waals surface area contributed by atoms with Crippen molar-refractivity contribution in [3.8, 4) is 11.1 Å². The van der Waals surface area contributed by atoms with Gasteiger partial charge in [0.1, 0.15) is 0 Å². The largest absolute Gasteiger partial charge is 0.309 e. The summed E-state index contributed by atoms with van der Waals surface area (Å²) in [6.45, 7) is 0. The summed E-state index contributed by atoms with van der Waals surface area (Å²) < 4.78 is 0. The van der Waals surface area contributed by atoms with Crippen molar-refractivity contribution in [2.75, 3.05) is 4.90 Å². The summed E-state index contributed by atoms with van der Waals surface area (Å²) in [6, 6.07) is 29.4. The molecule has 0 aliphatic carbocycles. The molecule has 25 heavy (non-hydrogen) atoms. The van der Waals surface area contributed by atoms with Crippen LogP contribution >= 0.6 is 0 Å². The van der Waals surface area contributed by atoms with Crippen molar-refractivity contribution >= 4 is 11.6 Å². The molecule has 2 nitrogen and oxygen atoms in total. The van der Waals surface area contributed by atoms with E-state index < -0.39 is 0 Å².